The van der Waals surface area contributed by atoms with Crippen molar-refractivity contribution in [1.29, 1.82) is 0 Å². The number of rotatable bonds is 6. The van der Waals surface area contributed by atoms with E-state index in [1.807, 2.05) is 44.4 Å². The van der Waals surface area contributed by atoms with Crippen molar-refractivity contribution in [1.82, 2.24) is 20.1 Å². The van der Waals surface area contributed by atoms with Gasteiger partial charge in [-0.05, 0) is 38.7 Å². The van der Waals surface area contributed by atoms with Crippen LogP contribution >= 0.6 is 11.8 Å². The Morgan fingerprint density at radius 3 is 2.70 bits per heavy atom. The van der Waals surface area contributed by atoms with Gasteiger partial charge >= 0.3 is 6.03 Å². The first kappa shape index (κ1) is 17.3. The number of aryl methyl sites for hydroxylation is 2. The number of benzene rings is 1. The molecule has 0 unspecified atom stereocenters. The number of thioether (sulfide) groups is 1. The highest BCUT2D eigenvalue weighted by molar-refractivity contribution is 7.98. The Hall–Kier alpha value is -2.02. The van der Waals surface area contributed by atoms with Crippen LogP contribution in [0.25, 0.3) is 5.69 Å². The maximum atomic E-state index is 12.3. The highest BCUT2D eigenvalue weighted by Gasteiger charge is 2.14. The summed E-state index contributed by atoms with van der Waals surface area (Å²) in [5, 5.41) is 10.3. The van der Waals surface area contributed by atoms with Crippen LogP contribution in [0, 0.1) is 13.8 Å². The molecule has 124 valence electrons. The second-order valence-electron chi connectivity index (χ2n) is 5.29. The number of amides is 2. The summed E-state index contributed by atoms with van der Waals surface area (Å²) in [5.74, 6) is 2.38. The van der Waals surface area contributed by atoms with Crippen molar-refractivity contribution in [3.8, 4) is 5.69 Å². The molecule has 0 saturated carbocycles. The molecule has 2 N–H and O–H groups in total. The molecule has 0 fully saturated rings. The molecular weight excluding hydrogens is 310 g/mol. The fraction of sp³-hybridized carbons (Fsp3) is 0.438. The van der Waals surface area contributed by atoms with E-state index >= 15 is 0 Å². The first-order valence-corrected chi connectivity index (χ1v) is 9.00. The van der Waals surface area contributed by atoms with Gasteiger partial charge in [0.05, 0.1) is 11.4 Å². The molecule has 0 aliphatic heterocycles. The average Bonchev–Trinajstić information content (AvgIpc) is 2.85. The van der Waals surface area contributed by atoms with E-state index in [2.05, 4.69) is 27.6 Å². The lowest BCUT2D eigenvalue weighted by molar-refractivity contribution is 0.249. The van der Waals surface area contributed by atoms with Crippen LogP contribution < -0.4 is 10.6 Å². The van der Waals surface area contributed by atoms with Gasteiger partial charge in [0.25, 0.3) is 0 Å². The Balaban J connectivity index is 2.18. The topological polar surface area (TPSA) is 71.8 Å². The molecule has 7 heteroatoms. The zero-order valence-electron chi connectivity index (χ0n) is 14.0. The minimum absolute atomic E-state index is 0.160. The molecule has 0 aliphatic carbocycles. The van der Waals surface area contributed by atoms with Crippen molar-refractivity contribution in [2.45, 2.75) is 33.2 Å². The number of carbonyl (C=O) groups excluding carboxylic acids is 1. The van der Waals surface area contributed by atoms with Crippen LogP contribution in [0.1, 0.15) is 25.0 Å². The Morgan fingerprint density at radius 2 is 2.09 bits per heavy atom. The molecule has 1 aromatic heterocycles. The Labute approximate surface area is 141 Å². The van der Waals surface area contributed by atoms with E-state index in [0.717, 1.165) is 23.7 Å². The normalized spacial score (nSPS) is 12.0. The van der Waals surface area contributed by atoms with Crippen LogP contribution in [-0.2, 0) is 0 Å². The lowest BCUT2D eigenvalue weighted by Gasteiger charge is -2.17. The zero-order valence-corrected chi connectivity index (χ0v) is 14.8. The number of nitrogens with zero attached hydrogens (tertiary/aromatic N) is 3. The predicted octanol–water partition coefficient (Wildman–Crippen LogP) is 3.15. The highest BCUT2D eigenvalue weighted by atomic mass is 32.2. The first-order valence-electron chi connectivity index (χ1n) is 7.61. The van der Waals surface area contributed by atoms with E-state index in [1.165, 1.54) is 0 Å². The third kappa shape index (κ3) is 4.48. The summed E-state index contributed by atoms with van der Waals surface area (Å²) >= 11 is 1.72. The predicted molar refractivity (Wildman–Crippen MR) is 95.4 cm³/mol. The SMILES string of the molecule is CC[C@@H](CSC)NC(=O)Nc1ccccc1-n1nc(C)nc1C. The number of carbonyl (C=O) groups is 1. The summed E-state index contributed by atoms with van der Waals surface area (Å²) in [4.78, 5) is 16.6. The van der Waals surface area contributed by atoms with Gasteiger partial charge in [-0.15, -0.1) is 0 Å². The van der Waals surface area contributed by atoms with E-state index in [0.29, 0.717) is 11.5 Å². The second kappa shape index (κ2) is 8.01. The lowest BCUT2D eigenvalue weighted by atomic mass is 10.2. The van der Waals surface area contributed by atoms with E-state index in [4.69, 9.17) is 0 Å². The number of para-hydroxylation sites is 2. The van der Waals surface area contributed by atoms with Gasteiger partial charge in [0.2, 0.25) is 0 Å². The summed E-state index contributed by atoms with van der Waals surface area (Å²) in [6.45, 7) is 5.81. The molecule has 0 bridgehead atoms. The summed E-state index contributed by atoms with van der Waals surface area (Å²) in [5.41, 5.74) is 1.51. The van der Waals surface area contributed by atoms with Crippen LogP contribution in [0.2, 0.25) is 0 Å². The van der Waals surface area contributed by atoms with Gasteiger partial charge in [0, 0.05) is 11.8 Å². The van der Waals surface area contributed by atoms with E-state index in [-0.39, 0.29) is 12.1 Å². The van der Waals surface area contributed by atoms with Crippen molar-refractivity contribution in [3.63, 3.8) is 0 Å². The fourth-order valence-corrected chi connectivity index (χ4v) is 3.04. The zero-order chi connectivity index (χ0) is 16.8. The summed E-state index contributed by atoms with van der Waals surface area (Å²) in [6, 6.07) is 7.53. The molecule has 0 aliphatic rings. The Bertz CT molecular complexity index is 670. The highest BCUT2D eigenvalue weighted by Crippen LogP contribution is 2.20. The quantitative estimate of drug-likeness (QED) is 0.852. The summed E-state index contributed by atoms with van der Waals surface area (Å²) < 4.78 is 1.74. The minimum Gasteiger partial charge on any atom is -0.334 e. The third-order valence-electron chi connectivity index (χ3n) is 3.45. The maximum absolute atomic E-state index is 12.3. The Kier molecular flexibility index (Phi) is 6.04. The van der Waals surface area contributed by atoms with Gasteiger partial charge in [-0.3, -0.25) is 0 Å². The summed E-state index contributed by atoms with van der Waals surface area (Å²) in [6.07, 6.45) is 2.94. The maximum Gasteiger partial charge on any atom is 0.319 e. The smallest absolute Gasteiger partial charge is 0.319 e. The van der Waals surface area contributed by atoms with Gasteiger partial charge in [0.1, 0.15) is 11.6 Å². The van der Waals surface area contributed by atoms with Gasteiger partial charge in [-0.2, -0.15) is 16.9 Å². The van der Waals surface area contributed by atoms with Gasteiger partial charge in [0.15, 0.2) is 0 Å². The molecule has 0 spiro atoms. The van der Waals surface area contributed by atoms with Gasteiger partial charge in [-0.25, -0.2) is 14.5 Å². The molecule has 0 radical (unpaired) electrons. The van der Waals surface area contributed by atoms with Crippen LogP contribution in [0.4, 0.5) is 10.5 Å². The number of anilines is 1. The number of nitrogens with one attached hydrogen (secondary N) is 2. The molecule has 2 amide bonds. The molecule has 1 atom stereocenters. The Morgan fingerprint density at radius 1 is 1.35 bits per heavy atom. The largest absolute Gasteiger partial charge is 0.334 e. The van der Waals surface area contributed by atoms with Crippen molar-refractivity contribution in [3.05, 3.63) is 35.9 Å². The summed E-state index contributed by atoms with van der Waals surface area (Å²) in [7, 11) is 0. The van der Waals surface area contributed by atoms with Crippen LogP contribution in [-0.4, -0.2) is 38.8 Å². The van der Waals surface area contributed by atoms with Gasteiger partial charge in [-0.1, -0.05) is 19.1 Å². The monoisotopic (exact) mass is 333 g/mol. The van der Waals surface area contributed by atoms with Crippen LogP contribution in [0.5, 0.6) is 0 Å². The third-order valence-corrected chi connectivity index (χ3v) is 4.19. The molecule has 0 saturated heterocycles. The van der Waals surface area contributed by atoms with Gasteiger partial charge < -0.3 is 10.6 Å². The van der Waals surface area contributed by atoms with E-state index in [1.54, 1.807) is 16.4 Å². The second-order valence-corrected chi connectivity index (χ2v) is 6.20. The van der Waals surface area contributed by atoms with Crippen molar-refractivity contribution < 1.29 is 4.79 Å². The number of urea groups is 1. The van der Waals surface area contributed by atoms with Crippen molar-refractivity contribution in [2.75, 3.05) is 17.3 Å². The minimum atomic E-state index is -0.201. The fourth-order valence-electron chi connectivity index (χ4n) is 2.32. The van der Waals surface area contributed by atoms with E-state index in [9.17, 15) is 4.79 Å². The molecule has 2 rings (SSSR count). The van der Waals surface area contributed by atoms with Crippen molar-refractivity contribution in [2.24, 2.45) is 0 Å². The molecule has 1 aromatic carbocycles. The standard InChI is InChI=1S/C16H23N5OS/c1-5-13(10-23-4)18-16(22)19-14-8-6-7-9-15(14)21-12(3)17-11(2)20-21/h6-9,13H,5,10H2,1-4H3,(H2,18,19,22)/t13-/m0/s1. The molecular formula is C16H23N5OS. The van der Waals surface area contributed by atoms with Crippen LogP contribution in [0.15, 0.2) is 24.3 Å². The number of hydrogen-bond acceptors (Lipinski definition) is 4. The average molecular weight is 333 g/mol. The molecule has 23 heavy (non-hydrogen) atoms. The number of hydrogen-bond donors (Lipinski definition) is 2. The van der Waals surface area contributed by atoms with Crippen molar-refractivity contribution >= 4 is 23.5 Å². The molecule has 1 heterocycles. The first-order chi connectivity index (χ1) is 11.0. The van der Waals surface area contributed by atoms with E-state index < -0.39 is 0 Å². The lowest BCUT2D eigenvalue weighted by Crippen LogP contribution is -2.39. The molecule has 2 aromatic rings. The number of aromatic nitrogens is 3. The van der Waals surface area contributed by atoms with Crippen LogP contribution in [0.3, 0.4) is 0 Å². The molecule has 6 nitrogen and oxygen atoms in total.